The standard InChI is InChI=1S/C21H23ClO4/c1-14(21(23)24)9-15-5-4-6-17(10-15)25-13-16-11-18(12-16)26-20-8-3-2-7-19(20)22/h2-8,10,14,16,18H,9,11-13H2,1H3,(H,23,24). The minimum Gasteiger partial charge on any atom is -0.493 e. The van der Waals surface area contributed by atoms with Gasteiger partial charge in [-0.3, -0.25) is 4.79 Å². The monoisotopic (exact) mass is 374 g/mol. The molecule has 5 heteroatoms. The Kier molecular flexibility index (Phi) is 6.04. The van der Waals surface area contributed by atoms with Crippen LogP contribution >= 0.6 is 11.6 Å². The number of carboxylic acid groups (broad SMARTS) is 1. The molecule has 0 radical (unpaired) electrons. The van der Waals surface area contributed by atoms with Crippen LogP contribution in [0.25, 0.3) is 0 Å². The molecule has 1 unspecified atom stereocenters. The van der Waals surface area contributed by atoms with Gasteiger partial charge in [0.05, 0.1) is 23.7 Å². The predicted molar refractivity (Wildman–Crippen MR) is 101 cm³/mol. The van der Waals surface area contributed by atoms with E-state index in [4.69, 9.17) is 26.2 Å². The number of aliphatic carboxylic acids is 1. The van der Waals surface area contributed by atoms with Gasteiger partial charge in [-0.1, -0.05) is 42.8 Å². The number of carboxylic acids is 1. The number of para-hydroxylation sites is 1. The summed E-state index contributed by atoms with van der Waals surface area (Å²) in [7, 11) is 0. The Balaban J connectivity index is 1.43. The summed E-state index contributed by atoms with van der Waals surface area (Å²) in [5, 5.41) is 9.66. The van der Waals surface area contributed by atoms with E-state index in [1.165, 1.54) is 0 Å². The number of ether oxygens (including phenoxy) is 2. The second-order valence-corrected chi connectivity index (χ2v) is 7.32. The van der Waals surface area contributed by atoms with Crippen LogP contribution in [0.5, 0.6) is 11.5 Å². The van der Waals surface area contributed by atoms with Gasteiger partial charge in [-0.05, 0) is 55.0 Å². The van der Waals surface area contributed by atoms with Gasteiger partial charge in [0, 0.05) is 0 Å². The molecular formula is C21H23ClO4. The Labute approximate surface area is 158 Å². The topological polar surface area (TPSA) is 55.8 Å². The second-order valence-electron chi connectivity index (χ2n) is 6.91. The van der Waals surface area contributed by atoms with Crippen molar-refractivity contribution < 1.29 is 19.4 Å². The Bertz CT molecular complexity index is 755. The Morgan fingerprint density at radius 3 is 2.73 bits per heavy atom. The number of hydrogen-bond donors (Lipinski definition) is 1. The summed E-state index contributed by atoms with van der Waals surface area (Å²) in [6, 6.07) is 15.2. The van der Waals surface area contributed by atoms with E-state index in [9.17, 15) is 4.79 Å². The molecule has 0 amide bonds. The summed E-state index contributed by atoms with van der Waals surface area (Å²) in [6.07, 6.45) is 2.58. The van der Waals surface area contributed by atoms with Crippen LogP contribution in [0, 0.1) is 11.8 Å². The lowest BCUT2D eigenvalue weighted by atomic mass is 9.83. The van der Waals surface area contributed by atoms with Gasteiger partial charge >= 0.3 is 5.97 Å². The minimum absolute atomic E-state index is 0.186. The highest BCUT2D eigenvalue weighted by atomic mass is 35.5. The average Bonchev–Trinajstić information content (AvgIpc) is 2.58. The van der Waals surface area contributed by atoms with E-state index in [1.54, 1.807) is 6.92 Å². The van der Waals surface area contributed by atoms with E-state index >= 15 is 0 Å². The minimum atomic E-state index is -0.782. The highest BCUT2D eigenvalue weighted by Gasteiger charge is 2.31. The maximum atomic E-state index is 11.0. The molecule has 1 fully saturated rings. The van der Waals surface area contributed by atoms with Crippen molar-refractivity contribution in [1.82, 2.24) is 0 Å². The van der Waals surface area contributed by atoms with Crippen LogP contribution in [0.3, 0.4) is 0 Å². The normalized spacial score (nSPS) is 20.1. The third-order valence-corrected chi connectivity index (χ3v) is 4.98. The van der Waals surface area contributed by atoms with Crippen LogP contribution < -0.4 is 9.47 Å². The van der Waals surface area contributed by atoms with Crippen LogP contribution in [0.15, 0.2) is 48.5 Å². The van der Waals surface area contributed by atoms with Crippen LogP contribution in [-0.4, -0.2) is 23.8 Å². The molecule has 1 aliphatic carbocycles. The summed E-state index contributed by atoms with van der Waals surface area (Å²) >= 11 is 6.11. The van der Waals surface area contributed by atoms with E-state index in [0.717, 1.165) is 29.9 Å². The van der Waals surface area contributed by atoms with Crippen LogP contribution in [0.2, 0.25) is 5.02 Å². The Hall–Kier alpha value is -2.20. The maximum Gasteiger partial charge on any atom is 0.306 e. The van der Waals surface area contributed by atoms with E-state index in [1.807, 2.05) is 48.5 Å². The van der Waals surface area contributed by atoms with E-state index in [2.05, 4.69) is 0 Å². The Morgan fingerprint density at radius 1 is 1.23 bits per heavy atom. The summed E-state index contributed by atoms with van der Waals surface area (Å²) in [6.45, 7) is 2.35. The summed E-state index contributed by atoms with van der Waals surface area (Å²) in [4.78, 5) is 11.0. The van der Waals surface area contributed by atoms with Gasteiger partial charge in [0.25, 0.3) is 0 Å². The van der Waals surface area contributed by atoms with Crippen molar-refractivity contribution in [2.45, 2.75) is 32.3 Å². The fourth-order valence-corrected chi connectivity index (χ4v) is 3.22. The number of halogens is 1. The molecule has 1 N–H and O–H groups in total. The first-order chi connectivity index (χ1) is 12.5. The van der Waals surface area contributed by atoms with E-state index < -0.39 is 11.9 Å². The van der Waals surface area contributed by atoms with E-state index in [-0.39, 0.29) is 6.10 Å². The van der Waals surface area contributed by atoms with Crippen LogP contribution in [0.1, 0.15) is 25.3 Å². The summed E-state index contributed by atoms with van der Waals surface area (Å²) < 4.78 is 11.8. The third kappa shape index (κ3) is 4.92. The molecule has 1 aliphatic rings. The number of rotatable bonds is 8. The molecule has 1 saturated carbocycles. The van der Waals surface area contributed by atoms with E-state index in [0.29, 0.717) is 24.0 Å². The smallest absolute Gasteiger partial charge is 0.306 e. The fraction of sp³-hybridized carbons (Fsp3) is 0.381. The number of hydrogen-bond acceptors (Lipinski definition) is 3. The predicted octanol–water partition coefficient (Wildman–Crippen LogP) is 4.84. The summed E-state index contributed by atoms with van der Waals surface area (Å²) in [5.41, 5.74) is 0.978. The maximum absolute atomic E-state index is 11.0. The zero-order valence-electron chi connectivity index (χ0n) is 14.7. The first-order valence-corrected chi connectivity index (χ1v) is 9.25. The molecule has 138 valence electrons. The molecule has 2 aromatic carbocycles. The Morgan fingerprint density at radius 2 is 2.00 bits per heavy atom. The molecule has 0 aliphatic heterocycles. The zero-order valence-corrected chi connectivity index (χ0v) is 15.5. The van der Waals surface area contributed by atoms with Crippen molar-refractivity contribution in [2.24, 2.45) is 11.8 Å². The zero-order chi connectivity index (χ0) is 18.5. The van der Waals surface area contributed by atoms with Crippen molar-refractivity contribution in [2.75, 3.05) is 6.61 Å². The highest BCUT2D eigenvalue weighted by molar-refractivity contribution is 6.32. The number of carbonyl (C=O) groups is 1. The van der Waals surface area contributed by atoms with Gasteiger partial charge in [-0.15, -0.1) is 0 Å². The van der Waals surface area contributed by atoms with Crippen LogP contribution in [0.4, 0.5) is 0 Å². The van der Waals surface area contributed by atoms with Gasteiger partial charge in [-0.2, -0.15) is 0 Å². The van der Waals surface area contributed by atoms with Crippen LogP contribution in [-0.2, 0) is 11.2 Å². The average molecular weight is 375 g/mol. The third-order valence-electron chi connectivity index (χ3n) is 4.67. The molecule has 1 atom stereocenters. The van der Waals surface area contributed by atoms with Gasteiger partial charge in [-0.25, -0.2) is 0 Å². The molecule has 3 rings (SSSR count). The largest absolute Gasteiger partial charge is 0.493 e. The molecule has 0 heterocycles. The molecule has 0 aromatic heterocycles. The lowest BCUT2D eigenvalue weighted by Gasteiger charge is -2.35. The lowest BCUT2D eigenvalue weighted by molar-refractivity contribution is -0.141. The first kappa shape index (κ1) is 18.6. The molecule has 4 nitrogen and oxygen atoms in total. The van der Waals surface area contributed by atoms with Gasteiger partial charge in [0.1, 0.15) is 11.5 Å². The lowest BCUT2D eigenvalue weighted by Crippen LogP contribution is -2.37. The van der Waals surface area contributed by atoms with Gasteiger partial charge < -0.3 is 14.6 Å². The molecule has 0 bridgehead atoms. The number of benzene rings is 2. The molecular weight excluding hydrogens is 352 g/mol. The molecule has 26 heavy (non-hydrogen) atoms. The van der Waals surface area contributed by atoms with Crippen molar-refractivity contribution in [3.05, 3.63) is 59.1 Å². The van der Waals surface area contributed by atoms with Crippen molar-refractivity contribution >= 4 is 17.6 Å². The SMILES string of the molecule is CC(Cc1cccc(OCC2CC(Oc3ccccc3Cl)C2)c1)C(=O)O. The highest BCUT2D eigenvalue weighted by Crippen LogP contribution is 2.34. The van der Waals surface area contributed by atoms with Crippen molar-refractivity contribution in [3.63, 3.8) is 0 Å². The molecule has 0 spiro atoms. The first-order valence-electron chi connectivity index (χ1n) is 8.87. The van der Waals surface area contributed by atoms with Gasteiger partial charge in [0.15, 0.2) is 0 Å². The molecule has 0 saturated heterocycles. The van der Waals surface area contributed by atoms with Gasteiger partial charge in [0.2, 0.25) is 0 Å². The molecule has 2 aromatic rings. The quantitative estimate of drug-likeness (QED) is 0.718. The van der Waals surface area contributed by atoms with Crippen molar-refractivity contribution in [1.29, 1.82) is 0 Å². The van der Waals surface area contributed by atoms with Crippen molar-refractivity contribution in [3.8, 4) is 11.5 Å². The summed E-state index contributed by atoms with van der Waals surface area (Å²) in [5.74, 6) is 0.799. The fourth-order valence-electron chi connectivity index (χ4n) is 3.04. The second kappa shape index (κ2) is 8.45.